The molecule has 5 nitrogen and oxygen atoms in total. The van der Waals surface area contributed by atoms with Gasteiger partial charge in [-0.1, -0.05) is 12.1 Å². The van der Waals surface area contributed by atoms with Crippen molar-refractivity contribution < 1.29 is 18.7 Å². The number of hydrogen-bond donors (Lipinski definition) is 1. The molecule has 0 bridgehead atoms. The van der Waals surface area contributed by atoms with Crippen LogP contribution in [-0.4, -0.2) is 56.0 Å². The molecule has 0 aromatic heterocycles. The van der Waals surface area contributed by atoms with Crippen LogP contribution < -0.4 is 5.32 Å². The Kier molecular flexibility index (Phi) is 5.81. The van der Waals surface area contributed by atoms with Crippen LogP contribution in [0.3, 0.4) is 0 Å². The minimum absolute atomic E-state index is 0.178. The molecular weight excluding hydrogens is 311 g/mol. The summed E-state index contributed by atoms with van der Waals surface area (Å²) in [5.41, 5.74) is 1.09. The second-order valence-electron chi connectivity index (χ2n) is 6.36. The standard InChI is InChI=1S/C18H25FN2O3/c19-16-3-1-15(2-4-16)5-9-20-10-6-17(22)21-11-7-18(8-12-21)23-13-14-24-18/h1-4,20H,5-14H2. The number of piperidine rings is 1. The van der Waals surface area contributed by atoms with E-state index in [1.807, 2.05) is 4.90 Å². The van der Waals surface area contributed by atoms with Crippen LogP contribution in [0.4, 0.5) is 4.39 Å². The smallest absolute Gasteiger partial charge is 0.223 e. The highest BCUT2D eigenvalue weighted by Gasteiger charge is 2.40. The van der Waals surface area contributed by atoms with Crippen LogP contribution in [0.25, 0.3) is 0 Å². The number of halogens is 1. The molecule has 0 radical (unpaired) electrons. The Labute approximate surface area is 142 Å². The minimum Gasteiger partial charge on any atom is -0.347 e. The van der Waals surface area contributed by atoms with Gasteiger partial charge in [-0.2, -0.15) is 0 Å². The third kappa shape index (κ3) is 4.53. The molecule has 1 N–H and O–H groups in total. The maximum absolute atomic E-state index is 12.8. The van der Waals surface area contributed by atoms with Gasteiger partial charge in [-0.25, -0.2) is 4.39 Å². The summed E-state index contributed by atoms with van der Waals surface area (Å²) in [5, 5.41) is 3.28. The number of carbonyl (C=O) groups excluding carboxylic acids is 1. The molecule has 3 rings (SSSR count). The van der Waals surface area contributed by atoms with E-state index < -0.39 is 5.79 Å². The zero-order chi connectivity index (χ0) is 16.8. The molecule has 0 atom stereocenters. The van der Waals surface area contributed by atoms with Crippen molar-refractivity contribution in [3.8, 4) is 0 Å². The highest BCUT2D eigenvalue weighted by Crippen LogP contribution is 2.31. The van der Waals surface area contributed by atoms with Gasteiger partial charge in [0.15, 0.2) is 5.79 Å². The van der Waals surface area contributed by atoms with Crippen molar-refractivity contribution in [2.24, 2.45) is 0 Å². The Morgan fingerprint density at radius 2 is 1.79 bits per heavy atom. The second-order valence-corrected chi connectivity index (χ2v) is 6.36. The van der Waals surface area contributed by atoms with Crippen molar-refractivity contribution in [1.29, 1.82) is 0 Å². The number of ether oxygens (including phenoxy) is 2. The molecule has 2 aliphatic rings. The summed E-state index contributed by atoms with van der Waals surface area (Å²) in [5.74, 6) is -0.462. The van der Waals surface area contributed by atoms with E-state index >= 15 is 0 Å². The van der Waals surface area contributed by atoms with E-state index in [1.165, 1.54) is 12.1 Å². The van der Waals surface area contributed by atoms with Crippen LogP contribution in [-0.2, 0) is 20.7 Å². The molecule has 1 amide bonds. The predicted molar refractivity (Wildman–Crippen MR) is 88.0 cm³/mol. The number of nitrogens with one attached hydrogen (secondary N) is 1. The summed E-state index contributed by atoms with van der Waals surface area (Å²) in [7, 11) is 0. The summed E-state index contributed by atoms with van der Waals surface area (Å²) in [4.78, 5) is 14.1. The number of rotatable bonds is 6. The number of nitrogens with zero attached hydrogens (tertiary/aromatic N) is 1. The lowest BCUT2D eigenvalue weighted by molar-refractivity contribution is -0.187. The lowest BCUT2D eigenvalue weighted by Gasteiger charge is -2.37. The largest absolute Gasteiger partial charge is 0.347 e. The molecule has 0 saturated carbocycles. The SMILES string of the molecule is O=C(CCNCCc1ccc(F)cc1)N1CCC2(CC1)OCCO2. The summed E-state index contributed by atoms with van der Waals surface area (Å²) in [6.45, 7) is 4.17. The maximum atomic E-state index is 12.8. The average Bonchev–Trinajstić information content (AvgIpc) is 3.05. The Morgan fingerprint density at radius 3 is 2.46 bits per heavy atom. The van der Waals surface area contributed by atoms with Gasteiger partial charge in [-0.15, -0.1) is 0 Å². The number of likely N-dealkylation sites (tertiary alicyclic amines) is 1. The first-order valence-corrected chi connectivity index (χ1v) is 8.68. The van der Waals surface area contributed by atoms with E-state index in [-0.39, 0.29) is 11.7 Å². The van der Waals surface area contributed by atoms with Crippen LogP contribution in [0.15, 0.2) is 24.3 Å². The Balaban J connectivity index is 1.29. The second kappa shape index (κ2) is 8.05. The molecular formula is C18H25FN2O3. The van der Waals surface area contributed by atoms with Crippen LogP contribution >= 0.6 is 0 Å². The molecule has 2 fully saturated rings. The van der Waals surface area contributed by atoms with Gasteiger partial charge >= 0.3 is 0 Å². The lowest BCUT2D eigenvalue weighted by atomic mass is 10.0. The van der Waals surface area contributed by atoms with Crippen molar-refractivity contribution in [3.05, 3.63) is 35.6 Å². The third-order valence-electron chi connectivity index (χ3n) is 4.71. The first kappa shape index (κ1) is 17.3. The van der Waals surface area contributed by atoms with Crippen LogP contribution in [0.2, 0.25) is 0 Å². The van der Waals surface area contributed by atoms with Crippen molar-refractivity contribution in [3.63, 3.8) is 0 Å². The van der Waals surface area contributed by atoms with E-state index in [0.29, 0.717) is 39.3 Å². The van der Waals surface area contributed by atoms with E-state index in [0.717, 1.165) is 31.4 Å². The molecule has 24 heavy (non-hydrogen) atoms. The van der Waals surface area contributed by atoms with Crippen molar-refractivity contribution in [2.75, 3.05) is 39.4 Å². The lowest BCUT2D eigenvalue weighted by Crippen LogP contribution is -2.47. The molecule has 132 valence electrons. The summed E-state index contributed by atoms with van der Waals surface area (Å²) in [6.07, 6.45) is 2.85. The molecule has 2 heterocycles. The van der Waals surface area contributed by atoms with Crippen LogP contribution in [0, 0.1) is 5.82 Å². The topological polar surface area (TPSA) is 50.8 Å². The van der Waals surface area contributed by atoms with Gasteiger partial charge in [0.1, 0.15) is 5.82 Å². The first-order valence-electron chi connectivity index (χ1n) is 8.68. The van der Waals surface area contributed by atoms with Gasteiger partial charge in [0, 0.05) is 38.9 Å². The Bertz CT molecular complexity index is 534. The summed E-state index contributed by atoms with van der Waals surface area (Å²) in [6, 6.07) is 6.53. The van der Waals surface area contributed by atoms with E-state index in [1.54, 1.807) is 12.1 Å². The highest BCUT2D eigenvalue weighted by molar-refractivity contribution is 5.76. The zero-order valence-electron chi connectivity index (χ0n) is 13.9. The van der Waals surface area contributed by atoms with Crippen molar-refractivity contribution in [2.45, 2.75) is 31.5 Å². The normalized spacial score (nSPS) is 19.8. The fraction of sp³-hybridized carbons (Fsp3) is 0.611. The molecule has 2 aliphatic heterocycles. The molecule has 1 aromatic rings. The van der Waals surface area contributed by atoms with Crippen LogP contribution in [0.5, 0.6) is 0 Å². The van der Waals surface area contributed by atoms with Gasteiger partial charge < -0.3 is 19.7 Å². The van der Waals surface area contributed by atoms with Gasteiger partial charge in [0.2, 0.25) is 5.91 Å². The van der Waals surface area contributed by atoms with Gasteiger partial charge in [-0.3, -0.25) is 4.79 Å². The number of amides is 1. The Hall–Kier alpha value is -1.50. The van der Waals surface area contributed by atoms with Gasteiger partial charge in [-0.05, 0) is 30.7 Å². The van der Waals surface area contributed by atoms with E-state index in [9.17, 15) is 9.18 Å². The maximum Gasteiger partial charge on any atom is 0.223 e. The van der Waals surface area contributed by atoms with Crippen molar-refractivity contribution in [1.82, 2.24) is 10.2 Å². The summed E-state index contributed by atoms with van der Waals surface area (Å²) < 4.78 is 24.2. The quantitative estimate of drug-likeness (QED) is 0.804. The minimum atomic E-state index is -0.426. The molecule has 1 spiro atoms. The molecule has 2 saturated heterocycles. The number of hydrogen-bond acceptors (Lipinski definition) is 4. The van der Waals surface area contributed by atoms with E-state index in [4.69, 9.17) is 9.47 Å². The Morgan fingerprint density at radius 1 is 1.12 bits per heavy atom. The molecule has 1 aromatic carbocycles. The predicted octanol–water partition coefficient (Wildman–Crippen LogP) is 1.71. The van der Waals surface area contributed by atoms with Crippen LogP contribution in [0.1, 0.15) is 24.8 Å². The summed E-state index contributed by atoms with van der Waals surface area (Å²) >= 11 is 0. The first-order chi connectivity index (χ1) is 11.7. The van der Waals surface area contributed by atoms with Gasteiger partial charge in [0.05, 0.1) is 13.2 Å². The van der Waals surface area contributed by atoms with E-state index in [2.05, 4.69) is 5.32 Å². The van der Waals surface area contributed by atoms with Gasteiger partial charge in [0.25, 0.3) is 0 Å². The fourth-order valence-corrected chi connectivity index (χ4v) is 3.24. The molecule has 6 heteroatoms. The number of carbonyl (C=O) groups is 1. The highest BCUT2D eigenvalue weighted by atomic mass is 19.1. The average molecular weight is 336 g/mol. The molecule has 0 unspecified atom stereocenters. The number of benzene rings is 1. The third-order valence-corrected chi connectivity index (χ3v) is 4.71. The fourth-order valence-electron chi connectivity index (χ4n) is 3.24. The molecule has 0 aliphatic carbocycles. The zero-order valence-corrected chi connectivity index (χ0v) is 13.9. The van der Waals surface area contributed by atoms with Crippen molar-refractivity contribution >= 4 is 5.91 Å². The monoisotopic (exact) mass is 336 g/mol.